The zero-order valence-electron chi connectivity index (χ0n) is 25.0. The van der Waals surface area contributed by atoms with E-state index >= 15 is 0 Å². The lowest BCUT2D eigenvalue weighted by Gasteiger charge is -2.33. The number of hydrogen-bond acceptors (Lipinski definition) is 4. The Labute approximate surface area is 254 Å². The van der Waals surface area contributed by atoms with Gasteiger partial charge in [0.1, 0.15) is 0 Å². The van der Waals surface area contributed by atoms with E-state index in [9.17, 15) is 9.59 Å². The molecule has 4 nitrogen and oxygen atoms in total. The van der Waals surface area contributed by atoms with E-state index in [-0.39, 0.29) is 17.4 Å². The van der Waals surface area contributed by atoms with Crippen molar-refractivity contribution in [2.45, 2.75) is 44.9 Å². The van der Waals surface area contributed by atoms with E-state index in [0.717, 1.165) is 24.0 Å². The van der Waals surface area contributed by atoms with Crippen molar-refractivity contribution in [3.63, 3.8) is 0 Å². The van der Waals surface area contributed by atoms with Crippen LogP contribution in [0.2, 0.25) is 0 Å². The lowest BCUT2D eigenvalue weighted by Crippen LogP contribution is -2.27. The van der Waals surface area contributed by atoms with Crippen molar-refractivity contribution in [2.75, 3.05) is 13.2 Å². The molecule has 0 N–H and O–H groups in total. The van der Waals surface area contributed by atoms with Crippen LogP contribution < -0.4 is 0 Å². The number of hydrogen-bond donors (Lipinski definition) is 0. The first-order valence-electron chi connectivity index (χ1n) is 14.9. The standard InChI is InChI=1S/C39H38O4/c1-27(2)37(40)42-23-11-21-39(22-12-24-43-38(41)28(3)4)35-19-17-31(29-13-7-5-8-14-29)25-33(35)34-26-32(18-20-36(34)39)30-15-9-6-10-16-30/h5-10,13-20,25-26H,1,3,11-12,21-24H2,2,4H3. The molecule has 0 atom stereocenters. The van der Waals surface area contributed by atoms with Crippen molar-refractivity contribution in [2.24, 2.45) is 0 Å². The van der Waals surface area contributed by atoms with Crippen molar-refractivity contribution in [1.82, 2.24) is 0 Å². The Morgan fingerprint density at radius 3 is 1.35 bits per heavy atom. The summed E-state index contributed by atoms with van der Waals surface area (Å²) in [7, 11) is 0. The maximum atomic E-state index is 12.1. The second-order valence-electron chi connectivity index (χ2n) is 11.4. The third-order valence-corrected chi connectivity index (χ3v) is 8.23. The number of esters is 2. The maximum Gasteiger partial charge on any atom is 0.333 e. The molecule has 0 saturated heterocycles. The highest BCUT2D eigenvalue weighted by molar-refractivity contribution is 5.88. The van der Waals surface area contributed by atoms with Crippen molar-refractivity contribution in [3.8, 4) is 33.4 Å². The minimum atomic E-state index is -0.368. The van der Waals surface area contributed by atoms with Gasteiger partial charge in [-0.2, -0.15) is 0 Å². The normalized spacial score (nSPS) is 12.6. The minimum Gasteiger partial charge on any atom is -0.462 e. The molecule has 1 aliphatic rings. The molecular weight excluding hydrogens is 532 g/mol. The van der Waals surface area contributed by atoms with Crippen LogP contribution in [0.4, 0.5) is 0 Å². The van der Waals surface area contributed by atoms with Gasteiger partial charge in [0.15, 0.2) is 0 Å². The summed E-state index contributed by atoms with van der Waals surface area (Å²) in [5, 5.41) is 0. The van der Waals surface area contributed by atoms with Gasteiger partial charge in [-0.25, -0.2) is 9.59 Å². The van der Waals surface area contributed by atoms with E-state index in [1.807, 2.05) is 12.1 Å². The van der Waals surface area contributed by atoms with Crippen molar-refractivity contribution in [3.05, 3.63) is 132 Å². The second kappa shape index (κ2) is 13.1. The van der Waals surface area contributed by atoms with E-state index in [1.165, 1.54) is 33.4 Å². The van der Waals surface area contributed by atoms with Crippen LogP contribution in [0, 0.1) is 0 Å². The third-order valence-electron chi connectivity index (χ3n) is 8.23. The third kappa shape index (κ3) is 6.39. The zero-order valence-corrected chi connectivity index (χ0v) is 25.0. The molecule has 0 aromatic heterocycles. The molecule has 0 fully saturated rings. The van der Waals surface area contributed by atoms with Gasteiger partial charge in [-0.1, -0.05) is 98.1 Å². The van der Waals surface area contributed by atoms with Gasteiger partial charge in [0.25, 0.3) is 0 Å². The van der Waals surface area contributed by atoms with Gasteiger partial charge in [0.2, 0.25) is 0 Å². The van der Waals surface area contributed by atoms with Gasteiger partial charge in [0.05, 0.1) is 13.2 Å². The van der Waals surface area contributed by atoms with Crippen LogP contribution in [-0.2, 0) is 24.5 Å². The quantitative estimate of drug-likeness (QED) is 0.0968. The first-order valence-corrected chi connectivity index (χ1v) is 14.9. The van der Waals surface area contributed by atoms with Gasteiger partial charge < -0.3 is 9.47 Å². The zero-order chi connectivity index (χ0) is 30.4. The van der Waals surface area contributed by atoms with E-state index in [4.69, 9.17) is 9.47 Å². The van der Waals surface area contributed by atoms with E-state index < -0.39 is 0 Å². The van der Waals surface area contributed by atoms with Crippen LogP contribution in [0.1, 0.15) is 50.7 Å². The van der Waals surface area contributed by atoms with E-state index in [1.54, 1.807) is 13.8 Å². The summed E-state index contributed by atoms with van der Waals surface area (Å²) in [6.45, 7) is 11.4. The van der Waals surface area contributed by atoms with Gasteiger partial charge >= 0.3 is 11.9 Å². The number of fused-ring (bicyclic) bond motifs is 3. The highest BCUT2D eigenvalue weighted by Gasteiger charge is 2.42. The Morgan fingerprint density at radius 1 is 0.581 bits per heavy atom. The first-order chi connectivity index (χ1) is 20.8. The molecule has 0 radical (unpaired) electrons. The van der Waals surface area contributed by atoms with Crippen LogP contribution in [0.3, 0.4) is 0 Å². The molecule has 4 heteroatoms. The number of ether oxygens (including phenoxy) is 2. The predicted molar refractivity (Wildman–Crippen MR) is 174 cm³/mol. The lowest BCUT2D eigenvalue weighted by molar-refractivity contribution is -0.139. The molecule has 43 heavy (non-hydrogen) atoms. The number of benzene rings is 4. The first kappa shape index (κ1) is 29.8. The van der Waals surface area contributed by atoms with Crippen LogP contribution in [0.5, 0.6) is 0 Å². The molecule has 0 spiro atoms. The summed E-state index contributed by atoms with van der Waals surface area (Å²) < 4.78 is 11.0. The number of rotatable bonds is 12. The van der Waals surface area contributed by atoms with Gasteiger partial charge in [-0.15, -0.1) is 0 Å². The Bertz CT molecular complexity index is 1520. The van der Waals surface area contributed by atoms with Crippen LogP contribution in [-0.4, -0.2) is 25.2 Å². The lowest BCUT2D eigenvalue weighted by atomic mass is 9.71. The molecule has 0 aliphatic heterocycles. The molecule has 4 aromatic carbocycles. The number of carbonyl (C=O) groups is 2. The summed E-state index contributed by atoms with van der Waals surface area (Å²) >= 11 is 0. The molecular formula is C39H38O4. The molecule has 0 bridgehead atoms. The Balaban J connectivity index is 1.57. The number of carbonyl (C=O) groups excluding carboxylic acids is 2. The Hall–Kier alpha value is -4.70. The SMILES string of the molecule is C=C(C)C(=O)OCCCC1(CCCOC(=O)C(=C)C)c2ccc(-c3ccccc3)cc2-c2cc(-c3ccccc3)ccc21. The highest BCUT2D eigenvalue weighted by atomic mass is 16.5. The van der Waals surface area contributed by atoms with Gasteiger partial charge in [0, 0.05) is 16.6 Å². The molecule has 0 saturated carbocycles. The van der Waals surface area contributed by atoms with Crippen LogP contribution >= 0.6 is 0 Å². The summed E-state index contributed by atoms with van der Waals surface area (Å²) in [6.07, 6.45) is 2.93. The summed E-state index contributed by atoms with van der Waals surface area (Å²) in [5.41, 5.74) is 10.1. The maximum absolute atomic E-state index is 12.1. The monoisotopic (exact) mass is 570 g/mol. The Morgan fingerprint density at radius 2 is 0.977 bits per heavy atom. The smallest absolute Gasteiger partial charge is 0.333 e. The molecule has 5 rings (SSSR count). The average molecular weight is 571 g/mol. The average Bonchev–Trinajstić information content (AvgIpc) is 3.30. The highest BCUT2D eigenvalue weighted by Crippen LogP contribution is 2.55. The summed E-state index contributed by atoms with van der Waals surface area (Å²) in [4.78, 5) is 24.2. The molecule has 1 aliphatic carbocycles. The summed E-state index contributed by atoms with van der Waals surface area (Å²) in [6, 6.07) is 34.4. The molecule has 4 aromatic rings. The van der Waals surface area contributed by atoms with Crippen molar-refractivity contribution < 1.29 is 19.1 Å². The largest absolute Gasteiger partial charge is 0.462 e. The van der Waals surface area contributed by atoms with Crippen molar-refractivity contribution >= 4 is 11.9 Å². The van der Waals surface area contributed by atoms with Crippen molar-refractivity contribution in [1.29, 1.82) is 0 Å². The molecule has 218 valence electrons. The second-order valence-corrected chi connectivity index (χ2v) is 11.4. The fraction of sp³-hybridized carbons (Fsp3) is 0.231. The fourth-order valence-electron chi connectivity index (χ4n) is 6.12. The summed E-state index contributed by atoms with van der Waals surface area (Å²) in [5.74, 6) is -0.735. The van der Waals surface area contributed by atoms with Crippen LogP contribution in [0.25, 0.3) is 33.4 Å². The predicted octanol–water partition coefficient (Wildman–Crippen LogP) is 9.09. The molecule has 0 unspecified atom stereocenters. The molecule has 0 heterocycles. The topological polar surface area (TPSA) is 52.6 Å². The van der Waals surface area contributed by atoms with E-state index in [2.05, 4.69) is 98.1 Å². The van der Waals surface area contributed by atoms with Crippen LogP contribution in [0.15, 0.2) is 121 Å². The van der Waals surface area contributed by atoms with E-state index in [0.29, 0.717) is 37.2 Å². The van der Waals surface area contributed by atoms with Gasteiger partial charge in [-0.3, -0.25) is 0 Å². The fourth-order valence-corrected chi connectivity index (χ4v) is 6.12. The Kier molecular flexibility index (Phi) is 9.06. The van der Waals surface area contributed by atoms with Gasteiger partial charge in [-0.05, 0) is 96.2 Å². The minimum absolute atomic E-state index is 0.312. The molecule has 0 amide bonds.